The number of H-pyrrole nitrogens is 1. The van der Waals surface area contributed by atoms with Crippen LogP contribution < -0.4 is 4.74 Å². The number of hydrogen-bond donors (Lipinski definition) is 2. The molecule has 1 unspecified atom stereocenters. The first-order chi connectivity index (χ1) is 14.4. The van der Waals surface area contributed by atoms with E-state index >= 15 is 0 Å². The summed E-state index contributed by atoms with van der Waals surface area (Å²) in [7, 11) is 0. The molecular formula is C22H22ClF3N2O3. The molecule has 2 aromatic rings. The molecule has 2 N–H and O–H groups in total. The minimum absolute atomic E-state index is 0.0667. The number of Topliss-reactive ketones (excluding diaryl/α,β-unsaturated/α-hetero) is 1. The Bertz CT molecular complexity index is 1070. The third kappa shape index (κ3) is 4.11. The lowest BCUT2D eigenvalue weighted by molar-refractivity contribution is -0.266. The second-order valence-corrected chi connectivity index (χ2v) is 9.31. The number of nitrogens with zero attached hydrogens (tertiary/aromatic N) is 1. The van der Waals surface area contributed by atoms with Gasteiger partial charge in [0.1, 0.15) is 11.6 Å². The number of carbonyl (C=O) groups excluding carboxylic acids is 1. The van der Waals surface area contributed by atoms with Crippen molar-refractivity contribution < 1.29 is 27.8 Å². The maximum absolute atomic E-state index is 14.1. The fraction of sp³-hybridized carbons (Fsp3) is 0.455. The van der Waals surface area contributed by atoms with Crippen LogP contribution in [-0.2, 0) is 29.5 Å². The standard InChI is InChI=1S/C22H22ClF3N2O3/c1-20(2,17-8-14(23)5-12-3-4-31-18(12)17)11-21(30,22(24,25)26)9-15-6-13-7-16(29)10-27-19(13)28-15/h5-6,8,10,28,30H,3-4,7,9,11H2,1-2H3. The number of nitrogens with one attached hydrogen (secondary N) is 1. The molecule has 1 aromatic heterocycles. The number of fused-ring (bicyclic) bond motifs is 2. The lowest BCUT2D eigenvalue weighted by Crippen LogP contribution is -2.51. The second-order valence-electron chi connectivity index (χ2n) is 8.88. The van der Waals surface area contributed by atoms with Crippen LogP contribution in [-0.4, -0.2) is 40.5 Å². The lowest BCUT2D eigenvalue weighted by atomic mass is 9.73. The number of benzene rings is 1. The maximum Gasteiger partial charge on any atom is 0.417 e. The smallest absolute Gasteiger partial charge is 0.417 e. The number of ketones is 1. The van der Waals surface area contributed by atoms with Crippen molar-refractivity contribution in [2.45, 2.75) is 56.7 Å². The molecule has 0 spiro atoms. The molecule has 0 saturated heterocycles. The van der Waals surface area contributed by atoms with Gasteiger partial charge in [-0.15, -0.1) is 0 Å². The summed E-state index contributed by atoms with van der Waals surface area (Å²) in [5.74, 6) is 0.668. The van der Waals surface area contributed by atoms with Gasteiger partial charge in [0.05, 0.1) is 12.8 Å². The van der Waals surface area contributed by atoms with Crippen LogP contribution >= 0.6 is 11.6 Å². The van der Waals surface area contributed by atoms with Gasteiger partial charge in [0.2, 0.25) is 0 Å². The van der Waals surface area contributed by atoms with Crippen molar-refractivity contribution in [1.82, 2.24) is 4.98 Å². The van der Waals surface area contributed by atoms with Crippen LogP contribution in [0, 0.1) is 0 Å². The molecule has 166 valence electrons. The van der Waals surface area contributed by atoms with Crippen molar-refractivity contribution >= 4 is 29.4 Å². The highest BCUT2D eigenvalue weighted by Gasteiger charge is 2.56. The van der Waals surface area contributed by atoms with Crippen LogP contribution in [0.25, 0.3) is 0 Å². The van der Waals surface area contributed by atoms with Gasteiger partial charge in [-0.25, -0.2) is 4.99 Å². The molecule has 0 aliphatic carbocycles. The number of aliphatic hydroxyl groups is 1. The molecule has 3 heterocycles. The van der Waals surface area contributed by atoms with Gasteiger partial charge in [0.15, 0.2) is 11.4 Å². The molecule has 2 aliphatic rings. The van der Waals surface area contributed by atoms with Crippen molar-refractivity contribution in [3.05, 3.63) is 45.6 Å². The molecule has 0 radical (unpaired) electrons. The van der Waals surface area contributed by atoms with Gasteiger partial charge in [-0.3, -0.25) is 4.79 Å². The molecule has 31 heavy (non-hydrogen) atoms. The largest absolute Gasteiger partial charge is 0.493 e. The Kier molecular flexibility index (Phi) is 5.21. The average Bonchev–Trinajstić information content (AvgIpc) is 3.24. The van der Waals surface area contributed by atoms with Crippen LogP contribution in [0.5, 0.6) is 5.75 Å². The highest BCUT2D eigenvalue weighted by atomic mass is 35.5. The number of halogens is 4. The molecule has 0 saturated carbocycles. The van der Waals surface area contributed by atoms with Gasteiger partial charge in [-0.2, -0.15) is 13.2 Å². The van der Waals surface area contributed by atoms with Gasteiger partial charge < -0.3 is 14.8 Å². The minimum atomic E-state index is -4.89. The highest BCUT2D eigenvalue weighted by Crippen LogP contribution is 2.47. The topological polar surface area (TPSA) is 74.7 Å². The molecule has 4 rings (SSSR count). The highest BCUT2D eigenvalue weighted by molar-refractivity contribution is 6.30. The van der Waals surface area contributed by atoms with E-state index in [2.05, 4.69) is 9.98 Å². The zero-order valence-electron chi connectivity index (χ0n) is 17.1. The zero-order chi connectivity index (χ0) is 22.6. The van der Waals surface area contributed by atoms with E-state index in [1.807, 2.05) is 0 Å². The quantitative estimate of drug-likeness (QED) is 0.691. The zero-order valence-corrected chi connectivity index (χ0v) is 17.8. The Hall–Kier alpha value is -2.32. The normalized spacial score (nSPS) is 17.8. The number of hydrogen-bond acceptors (Lipinski definition) is 4. The second kappa shape index (κ2) is 7.38. The molecule has 2 aliphatic heterocycles. The number of rotatable bonds is 5. The van der Waals surface area contributed by atoms with Gasteiger partial charge in [0.25, 0.3) is 0 Å². The van der Waals surface area contributed by atoms with Crippen LogP contribution in [0.3, 0.4) is 0 Å². The van der Waals surface area contributed by atoms with E-state index in [1.54, 1.807) is 26.0 Å². The Labute approximate surface area is 182 Å². The molecular weight excluding hydrogens is 433 g/mol. The SMILES string of the molecule is CC(C)(CC(O)(Cc1cc2c([nH]1)N=CC(=O)C2)C(F)(F)F)c1cc(Cl)cc2c1OCC2. The number of alkyl halides is 3. The fourth-order valence-electron chi connectivity index (χ4n) is 4.44. The molecule has 0 fully saturated rings. The van der Waals surface area contributed by atoms with Gasteiger partial charge in [-0.1, -0.05) is 25.4 Å². The van der Waals surface area contributed by atoms with Gasteiger partial charge in [-0.05, 0) is 35.6 Å². The van der Waals surface area contributed by atoms with Crippen molar-refractivity contribution in [2.75, 3.05) is 6.61 Å². The first-order valence-electron chi connectivity index (χ1n) is 9.90. The third-order valence-electron chi connectivity index (χ3n) is 5.86. The summed E-state index contributed by atoms with van der Waals surface area (Å²) in [6.45, 7) is 3.72. The number of aromatic amines is 1. The van der Waals surface area contributed by atoms with Crippen LogP contribution in [0.4, 0.5) is 19.0 Å². The fourth-order valence-corrected chi connectivity index (χ4v) is 4.68. The predicted molar refractivity (Wildman–Crippen MR) is 111 cm³/mol. The van der Waals surface area contributed by atoms with Crippen molar-refractivity contribution in [1.29, 1.82) is 0 Å². The van der Waals surface area contributed by atoms with E-state index in [9.17, 15) is 23.1 Å². The predicted octanol–water partition coefficient (Wildman–Crippen LogP) is 4.63. The van der Waals surface area contributed by atoms with Crippen molar-refractivity contribution in [3.63, 3.8) is 0 Å². The molecule has 5 nitrogen and oxygen atoms in total. The molecule has 1 atom stereocenters. The Balaban J connectivity index is 1.68. The number of aromatic nitrogens is 1. The van der Waals surface area contributed by atoms with Crippen LogP contribution in [0.15, 0.2) is 23.2 Å². The number of carbonyl (C=O) groups is 1. The van der Waals surface area contributed by atoms with Crippen molar-refractivity contribution in [3.8, 4) is 5.75 Å². The van der Waals surface area contributed by atoms with E-state index in [4.69, 9.17) is 16.3 Å². The Morgan fingerprint density at radius 1 is 1.23 bits per heavy atom. The van der Waals surface area contributed by atoms with Crippen LogP contribution in [0.1, 0.15) is 42.7 Å². The van der Waals surface area contributed by atoms with Gasteiger partial charge >= 0.3 is 6.18 Å². The summed E-state index contributed by atoms with van der Waals surface area (Å²) in [5, 5.41) is 11.3. The lowest BCUT2D eigenvalue weighted by Gasteiger charge is -2.38. The van der Waals surface area contributed by atoms with Gasteiger partial charge in [0, 0.05) is 41.1 Å². The first kappa shape index (κ1) is 21.9. The number of aliphatic imine (C=N–C) groups is 1. The summed E-state index contributed by atoms with van der Waals surface area (Å²) in [5.41, 5.74) is -2.04. The van der Waals surface area contributed by atoms with E-state index in [-0.39, 0.29) is 17.9 Å². The van der Waals surface area contributed by atoms with E-state index in [0.717, 1.165) is 11.8 Å². The van der Waals surface area contributed by atoms with E-state index in [0.29, 0.717) is 40.7 Å². The summed E-state index contributed by atoms with van der Waals surface area (Å²) >= 11 is 6.21. The average molecular weight is 455 g/mol. The maximum atomic E-state index is 14.1. The molecule has 1 aromatic carbocycles. The van der Waals surface area contributed by atoms with E-state index in [1.165, 1.54) is 6.07 Å². The summed E-state index contributed by atoms with van der Waals surface area (Å²) in [4.78, 5) is 18.3. The molecule has 0 amide bonds. The van der Waals surface area contributed by atoms with Crippen LogP contribution in [0.2, 0.25) is 5.02 Å². The minimum Gasteiger partial charge on any atom is -0.493 e. The number of ether oxygens (including phenoxy) is 1. The molecule has 0 bridgehead atoms. The summed E-state index contributed by atoms with van der Waals surface area (Å²) < 4.78 is 48.1. The van der Waals surface area contributed by atoms with Crippen molar-refractivity contribution in [2.24, 2.45) is 4.99 Å². The third-order valence-corrected chi connectivity index (χ3v) is 6.07. The monoisotopic (exact) mass is 454 g/mol. The molecule has 9 heteroatoms. The first-order valence-corrected chi connectivity index (χ1v) is 10.3. The summed E-state index contributed by atoms with van der Waals surface area (Å²) in [6, 6.07) is 4.83. The Morgan fingerprint density at radius 2 is 1.97 bits per heavy atom. The summed E-state index contributed by atoms with van der Waals surface area (Å²) in [6.07, 6.45) is -4.35. The Morgan fingerprint density at radius 3 is 2.68 bits per heavy atom. The van der Waals surface area contributed by atoms with E-state index < -0.39 is 30.0 Å².